The lowest BCUT2D eigenvalue weighted by Crippen LogP contribution is -2.42. The molecule has 1 fully saturated rings. The summed E-state index contributed by atoms with van der Waals surface area (Å²) in [6.07, 6.45) is 4.38. The van der Waals surface area contributed by atoms with E-state index in [0.717, 1.165) is 32.4 Å². The van der Waals surface area contributed by atoms with E-state index in [1.807, 2.05) is 0 Å². The molecular weight excluding hydrogens is 328 g/mol. The zero-order chi connectivity index (χ0) is 17.8. The molecule has 0 unspecified atom stereocenters. The molecule has 0 amide bonds. The van der Waals surface area contributed by atoms with Gasteiger partial charge in [0.2, 0.25) is 10.0 Å². The number of rotatable bonds is 12. The predicted octanol–water partition coefficient (Wildman–Crippen LogP) is 0.934. The summed E-state index contributed by atoms with van der Waals surface area (Å²) in [6, 6.07) is 0. The molecule has 0 atom stereocenters. The summed E-state index contributed by atoms with van der Waals surface area (Å²) in [6.45, 7) is 7.39. The predicted molar refractivity (Wildman–Crippen MR) is 98.8 cm³/mol. The number of ether oxygens (including phenoxy) is 1. The molecule has 0 aromatic rings. The van der Waals surface area contributed by atoms with E-state index in [-0.39, 0.29) is 5.75 Å². The van der Waals surface area contributed by atoms with Gasteiger partial charge in [-0.25, -0.2) is 13.1 Å². The number of nitrogens with zero attached hydrogens (tertiary/aromatic N) is 1. The van der Waals surface area contributed by atoms with Crippen LogP contribution in [0.5, 0.6) is 0 Å². The van der Waals surface area contributed by atoms with Gasteiger partial charge in [-0.1, -0.05) is 20.3 Å². The molecule has 0 aromatic heterocycles. The topological polar surface area (TPSA) is 91.8 Å². The number of guanidine groups is 1. The van der Waals surface area contributed by atoms with Crippen LogP contribution >= 0.6 is 0 Å². The number of aliphatic imine (C=N–C) groups is 1. The van der Waals surface area contributed by atoms with Crippen LogP contribution in [0.15, 0.2) is 4.99 Å². The van der Waals surface area contributed by atoms with Gasteiger partial charge in [-0.2, -0.15) is 0 Å². The molecule has 0 aromatic carbocycles. The van der Waals surface area contributed by atoms with Crippen LogP contribution in [0, 0.1) is 11.8 Å². The third-order valence-corrected chi connectivity index (χ3v) is 5.26. The van der Waals surface area contributed by atoms with Gasteiger partial charge in [-0.05, 0) is 31.1 Å². The summed E-state index contributed by atoms with van der Waals surface area (Å²) in [5.41, 5.74) is 0. The molecule has 0 spiro atoms. The Morgan fingerprint density at radius 3 is 2.54 bits per heavy atom. The first kappa shape index (κ1) is 21.2. The lowest BCUT2D eigenvalue weighted by molar-refractivity contribution is 0.108. The molecule has 1 aliphatic rings. The smallest absolute Gasteiger partial charge is 0.213 e. The van der Waals surface area contributed by atoms with E-state index in [1.54, 1.807) is 7.05 Å². The van der Waals surface area contributed by atoms with Crippen LogP contribution in [0.4, 0.5) is 0 Å². The van der Waals surface area contributed by atoms with E-state index in [0.29, 0.717) is 37.5 Å². The highest BCUT2D eigenvalue weighted by atomic mass is 32.2. The van der Waals surface area contributed by atoms with Gasteiger partial charge < -0.3 is 15.4 Å². The Morgan fingerprint density at radius 1 is 1.25 bits per heavy atom. The first-order chi connectivity index (χ1) is 11.4. The SMILES string of the molecule is CN=C(NCCCOCC(C)C)NCCS(=O)(=O)NCC1CCC1. The molecule has 0 heterocycles. The third kappa shape index (κ3) is 10.1. The summed E-state index contributed by atoms with van der Waals surface area (Å²) < 4.78 is 32.0. The summed E-state index contributed by atoms with van der Waals surface area (Å²) in [4.78, 5) is 4.09. The van der Waals surface area contributed by atoms with Crippen LogP contribution < -0.4 is 15.4 Å². The molecule has 8 heteroatoms. The first-order valence-corrected chi connectivity index (χ1v) is 10.6. The van der Waals surface area contributed by atoms with E-state index in [2.05, 4.69) is 34.2 Å². The third-order valence-electron chi connectivity index (χ3n) is 3.91. The molecule has 3 N–H and O–H groups in total. The van der Waals surface area contributed by atoms with Crippen LogP contribution in [0.3, 0.4) is 0 Å². The zero-order valence-electron chi connectivity index (χ0n) is 15.3. The van der Waals surface area contributed by atoms with Gasteiger partial charge in [0.25, 0.3) is 0 Å². The molecule has 24 heavy (non-hydrogen) atoms. The maximum atomic E-state index is 11.9. The van der Waals surface area contributed by atoms with Crippen molar-refractivity contribution in [3.05, 3.63) is 0 Å². The molecule has 142 valence electrons. The van der Waals surface area contributed by atoms with Crippen molar-refractivity contribution in [1.29, 1.82) is 0 Å². The number of sulfonamides is 1. The normalized spacial score (nSPS) is 16.2. The van der Waals surface area contributed by atoms with Crippen molar-refractivity contribution < 1.29 is 13.2 Å². The molecule has 1 rings (SSSR count). The average molecular weight is 363 g/mol. The molecular formula is C16H34N4O3S. The number of nitrogens with one attached hydrogen (secondary N) is 3. The molecule has 7 nitrogen and oxygen atoms in total. The van der Waals surface area contributed by atoms with Gasteiger partial charge in [0.05, 0.1) is 5.75 Å². The Labute approximate surface area is 147 Å². The van der Waals surface area contributed by atoms with Gasteiger partial charge in [-0.3, -0.25) is 4.99 Å². The second kappa shape index (κ2) is 11.7. The number of hydrogen-bond donors (Lipinski definition) is 3. The van der Waals surface area contributed by atoms with E-state index in [9.17, 15) is 8.42 Å². The fraction of sp³-hybridized carbons (Fsp3) is 0.938. The molecule has 1 aliphatic carbocycles. The van der Waals surface area contributed by atoms with Gasteiger partial charge >= 0.3 is 0 Å². The van der Waals surface area contributed by atoms with Crippen LogP contribution in [0.25, 0.3) is 0 Å². The highest BCUT2D eigenvalue weighted by Gasteiger charge is 2.19. The molecule has 1 saturated carbocycles. The largest absolute Gasteiger partial charge is 0.381 e. The highest BCUT2D eigenvalue weighted by molar-refractivity contribution is 7.89. The van der Waals surface area contributed by atoms with Gasteiger partial charge in [0.1, 0.15) is 0 Å². The molecule has 0 bridgehead atoms. The van der Waals surface area contributed by atoms with Crippen molar-refractivity contribution in [3.8, 4) is 0 Å². The van der Waals surface area contributed by atoms with Gasteiger partial charge in [-0.15, -0.1) is 0 Å². The summed E-state index contributed by atoms with van der Waals surface area (Å²) in [7, 11) is -1.54. The van der Waals surface area contributed by atoms with Crippen LogP contribution in [0.2, 0.25) is 0 Å². The van der Waals surface area contributed by atoms with E-state index < -0.39 is 10.0 Å². The Bertz CT molecular complexity index is 462. The molecule has 0 saturated heterocycles. The minimum absolute atomic E-state index is 0.0535. The van der Waals surface area contributed by atoms with E-state index >= 15 is 0 Å². The van der Waals surface area contributed by atoms with Crippen LogP contribution in [-0.2, 0) is 14.8 Å². The van der Waals surface area contributed by atoms with Gasteiger partial charge in [0.15, 0.2) is 5.96 Å². The Morgan fingerprint density at radius 2 is 1.96 bits per heavy atom. The Kier molecular flexibility index (Phi) is 10.3. The monoisotopic (exact) mass is 362 g/mol. The van der Waals surface area contributed by atoms with Crippen molar-refractivity contribution in [2.24, 2.45) is 16.8 Å². The summed E-state index contributed by atoms with van der Waals surface area (Å²) in [5, 5.41) is 6.19. The fourth-order valence-corrected chi connectivity index (χ4v) is 3.24. The lowest BCUT2D eigenvalue weighted by Gasteiger charge is -2.25. The van der Waals surface area contributed by atoms with Crippen molar-refractivity contribution in [3.63, 3.8) is 0 Å². The number of hydrogen-bond acceptors (Lipinski definition) is 4. The van der Waals surface area contributed by atoms with Crippen LogP contribution in [0.1, 0.15) is 39.5 Å². The second-order valence-electron chi connectivity index (χ2n) is 6.71. The standard InChI is InChI=1S/C16H34N4O3S/c1-14(2)13-23-10-5-8-18-16(17-3)19-9-11-24(21,22)20-12-15-6-4-7-15/h14-15,20H,4-13H2,1-3H3,(H2,17,18,19). The first-order valence-electron chi connectivity index (χ1n) is 8.92. The van der Waals surface area contributed by atoms with Crippen molar-refractivity contribution >= 4 is 16.0 Å². The minimum Gasteiger partial charge on any atom is -0.381 e. The Balaban J connectivity index is 2.07. The van der Waals surface area contributed by atoms with Gasteiger partial charge in [0, 0.05) is 39.9 Å². The zero-order valence-corrected chi connectivity index (χ0v) is 16.1. The fourth-order valence-electron chi connectivity index (χ4n) is 2.24. The minimum atomic E-state index is -3.21. The van der Waals surface area contributed by atoms with Crippen molar-refractivity contribution in [1.82, 2.24) is 15.4 Å². The van der Waals surface area contributed by atoms with E-state index in [1.165, 1.54) is 6.42 Å². The van der Waals surface area contributed by atoms with Crippen molar-refractivity contribution in [2.45, 2.75) is 39.5 Å². The highest BCUT2D eigenvalue weighted by Crippen LogP contribution is 2.25. The van der Waals surface area contributed by atoms with Crippen LogP contribution in [-0.4, -0.2) is 60.0 Å². The Hall–Kier alpha value is -0.860. The maximum Gasteiger partial charge on any atom is 0.213 e. The van der Waals surface area contributed by atoms with E-state index in [4.69, 9.17) is 4.74 Å². The molecule has 0 aliphatic heterocycles. The summed E-state index contributed by atoms with van der Waals surface area (Å²) >= 11 is 0. The van der Waals surface area contributed by atoms with Crippen molar-refractivity contribution in [2.75, 3.05) is 45.6 Å². The molecule has 0 radical (unpaired) electrons. The average Bonchev–Trinajstić information content (AvgIpc) is 2.46. The summed E-state index contributed by atoms with van der Waals surface area (Å²) in [5.74, 6) is 1.75. The second-order valence-corrected chi connectivity index (χ2v) is 8.64. The maximum absolute atomic E-state index is 11.9. The quantitative estimate of drug-likeness (QED) is 0.273. The lowest BCUT2D eigenvalue weighted by atomic mass is 9.86.